The summed E-state index contributed by atoms with van der Waals surface area (Å²) in [5.74, 6) is 1.75. The number of para-hydroxylation sites is 2. The predicted octanol–water partition coefficient (Wildman–Crippen LogP) is 2.39. The Kier molecular flexibility index (Phi) is 6.47. The number of hydrogen-bond donors (Lipinski definition) is 3. The zero-order valence-electron chi connectivity index (χ0n) is 16.4. The fraction of sp³-hybridized carbons (Fsp3) is 0.381. The first-order valence-corrected chi connectivity index (χ1v) is 9.54. The van der Waals surface area contributed by atoms with E-state index >= 15 is 0 Å². The number of hydrogen-bond acceptors (Lipinski definition) is 5. The predicted molar refractivity (Wildman–Crippen MR) is 111 cm³/mol. The molecule has 1 saturated heterocycles. The van der Waals surface area contributed by atoms with Crippen molar-refractivity contribution in [3.05, 3.63) is 48.0 Å². The molecule has 1 aliphatic rings. The van der Waals surface area contributed by atoms with Crippen molar-refractivity contribution in [3.8, 4) is 17.2 Å². The number of methoxy groups -OCH3 is 1. The quantitative estimate of drug-likeness (QED) is 0.543. The largest absolute Gasteiger partial charge is 0.506 e. The van der Waals surface area contributed by atoms with E-state index in [0.717, 1.165) is 49.9 Å². The molecule has 28 heavy (non-hydrogen) atoms. The molecule has 0 amide bonds. The first-order chi connectivity index (χ1) is 13.6. The summed E-state index contributed by atoms with van der Waals surface area (Å²) < 4.78 is 5.09. The number of phenols is 2. The van der Waals surface area contributed by atoms with Crippen molar-refractivity contribution in [2.24, 2.45) is 4.99 Å². The Bertz CT molecular complexity index is 817. The van der Waals surface area contributed by atoms with Crippen LogP contribution in [0.15, 0.2) is 47.5 Å². The van der Waals surface area contributed by atoms with E-state index in [1.54, 1.807) is 18.2 Å². The van der Waals surface area contributed by atoms with Gasteiger partial charge in [-0.05, 0) is 36.8 Å². The van der Waals surface area contributed by atoms with Crippen LogP contribution < -0.4 is 15.0 Å². The van der Waals surface area contributed by atoms with Gasteiger partial charge in [-0.2, -0.15) is 0 Å². The van der Waals surface area contributed by atoms with Crippen LogP contribution in [0, 0.1) is 0 Å². The average molecular weight is 384 g/mol. The summed E-state index contributed by atoms with van der Waals surface area (Å²) in [6.07, 6.45) is 0. The summed E-state index contributed by atoms with van der Waals surface area (Å²) >= 11 is 0. The standard InChI is InChI=1S/C21H28N4O3/c1-3-22-21(23-15-16-8-9-20(28-2)19(27)14-16)25-12-10-24(11-13-25)17-6-4-5-7-18(17)26/h4-9,14,26-27H,3,10-13,15H2,1-2H3,(H,22,23). The number of ether oxygens (including phenoxy) is 1. The Hall–Kier alpha value is -3.09. The number of nitrogens with zero attached hydrogens (tertiary/aromatic N) is 3. The molecule has 0 aliphatic carbocycles. The number of guanidine groups is 1. The molecule has 7 heteroatoms. The Morgan fingerprint density at radius 1 is 1.07 bits per heavy atom. The molecule has 2 aromatic rings. The van der Waals surface area contributed by atoms with Gasteiger partial charge in [0.15, 0.2) is 17.5 Å². The molecule has 0 bridgehead atoms. The molecule has 0 radical (unpaired) electrons. The topological polar surface area (TPSA) is 80.6 Å². The summed E-state index contributed by atoms with van der Waals surface area (Å²) in [5.41, 5.74) is 1.79. The van der Waals surface area contributed by atoms with Gasteiger partial charge in [0.05, 0.1) is 19.3 Å². The maximum atomic E-state index is 10.1. The van der Waals surface area contributed by atoms with Gasteiger partial charge in [0.25, 0.3) is 0 Å². The van der Waals surface area contributed by atoms with Crippen molar-refractivity contribution >= 4 is 11.6 Å². The lowest BCUT2D eigenvalue weighted by Gasteiger charge is -2.37. The Morgan fingerprint density at radius 3 is 2.46 bits per heavy atom. The van der Waals surface area contributed by atoms with Crippen LogP contribution in [0.3, 0.4) is 0 Å². The smallest absolute Gasteiger partial charge is 0.194 e. The summed E-state index contributed by atoms with van der Waals surface area (Å²) in [7, 11) is 1.53. The van der Waals surface area contributed by atoms with Crippen LogP contribution in [0.5, 0.6) is 17.2 Å². The number of aliphatic imine (C=N–C) groups is 1. The zero-order chi connectivity index (χ0) is 19.9. The molecule has 0 saturated carbocycles. The van der Waals surface area contributed by atoms with E-state index in [0.29, 0.717) is 18.0 Å². The molecule has 0 spiro atoms. The minimum atomic E-state index is 0.122. The maximum Gasteiger partial charge on any atom is 0.194 e. The van der Waals surface area contributed by atoms with E-state index in [4.69, 9.17) is 9.73 Å². The Morgan fingerprint density at radius 2 is 1.82 bits per heavy atom. The third-order valence-electron chi connectivity index (χ3n) is 4.79. The first-order valence-electron chi connectivity index (χ1n) is 9.54. The van der Waals surface area contributed by atoms with Crippen LogP contribution in [0.4, 0.5) is 5.69 Å². The molecule has 0 aromatic heterocycles. The normalized spacial score (nSPS) is 14.9. The lowest BCUT2D eigenvalue weighted by atomic mass is 10.2. The van der Waals surface area contributed by atoms with Gasteiger partial charge in [-0.3, -0.25) is 0 Å². The highest BCUT2D eigenvalue weighted by Crippen LogP contribution is 2.28. The fourth-order valence-electron chi connectivity index (χ4n) is 3.32. The number of aromatic hydroxyl groups is 2. The van der Waals surface area contributed by atoms with Crippen LogP contribution in [0.25, 0.3) is 0 Å². The second-order valence-corrected chi connectivity index (χ2v) is 6.64. The Balaban J connectivity index is 1.65. The monoisotopic (exact) mass is 384 g/mol. The highest BCUT2D eigenvalue weighted by Gasteiger charge is 2.21. The third kappa shape index (κ3) is 4.60. The first kappa shape index (κ1) is 19.7. The minimum absolute atomic E-state index is 0.122. The van der Waals surface area contributed by atoms with Crippen LogP contribution in [-0.2, 0) is 6.54 Å². The molecular formula is C21H28N4O3. The van der Waals surface area contributed by atoms with E-state index in [1.807, 2.05) is 31.2 Å². The van der Waals surface area contributed by atoms with Gasteiger partial charge in [0.1, 0.15) is 5.75 Å². The number of rotatable bonds is 5. The number of nitrogens with one attached hydrogen (secondary N) is 1. The van der Waals surface area contributed by atoms with Gasteiger partial charge in [-0.15, -0.1) is 0 Å². The molecule has 3 rings (SSSR count). The summed E-state index contributed by atoms with van der Waals surface area (Å²) in [6.45, 7) is 6.55. The summed E-state index contributed by atoms with van der Waals surface area (Å²) in [6, 6.07) is 12.8. The number of benzene rings is 2. The molecule has 150 valence electrons. The molecule has 1 fully saturated rings. The summed E-state index contributed by atoms with van der Waals surface area (Å²) in [4.78, 5) is 9.15. The third-order valence-corrected chi connectivity index (χ3v) is 4.79. The lowest BCUT2D eigenvalue weighted by Crippen LogP contribution is -2.52. The second kappa shape index (κ2) is 9.21. The number of anilines is 1. The van der Waals surface area contributed by atoms with E-state index in [9.17, 15) is 10.2 Å². The van der Waals surface area contributed by atoms with Gasteiger partial charge < -0.3 is 30.1 Å². The summed E-state index contributed by atoms with van der Waals surface area (Å²) in [5, 5.41) is 23.4. The van der Waals surface area contributed by atoms with Gasteiger partial charge in [0.2, 0.25) is 0 Å². The maximum absolute atomic E-state index is 10.1. The van der Waals surface area contributed by atoms with Gasteiger partial charge in [-0.25, -0.2) is 4.99 Å². The number of piperazine rings is 1. The van der Waals surface area contributed by atoms with Gasteiger partial charge >= 0.3 is 0 Å². The molecule has 2 aromatic carbocycles. The van der Waals surface area contributed by atoms with E-state index < -0.39 is 0 Å². The molecule has 3 N–H and O–H groups in total. The molecule has 1 heterocycles. The molecule has 1 aliphatic heterocycles. The van der Waals surface area contributed by atoms with Crippen molar-refractivity contribution in [1.29, 1.82) is 0 Å². The van der Waals surface area contributed by atoms with Crippen LogP contribution in [0.2, 0.25) is 0 Å². The van der Waals surface area contributed by atoms with Gasteiger partial charge in [-0.1, -0.05) is 18.2 Å². The van der Waals surface area contributed by atoms with Crippen molar-refractivity contribution in [1.82, 2.24) is 10.2 Å². The van der Waals surface area contributed by atoms with Crippen LogP contribution in [0.1, 0.15) is 12.5 Å². The molecule has 0 atom stereocenters. The minimum Gasteiger partial charge on any atom is -0.506 e. The van der Waals surface area contributed by atoms with Gasteiger partial charge in [0, 0.05) is 32.7 Å². The van der Waals surface area contributed by atoms with Crippen molar-refractivity contribution in [3.63, 3.8) is 0 Å². The van der Waals surface area contributed by atoms with E-state index in [-0.39, 0.29) is 5.75 Å². The molecule has 0 unspecified atom stereocenters. The van der Waals surface area contributed by atoms with E-state index in [1.165, 1.54) is 7.11 Å². The fourth-order valence-corrected chi connectivity index (χ4v) is 3.32. The van der Waals surface area contributed by atoms with Crippen molar-refractivity contribution in [2.75, 3.05) is 44.7 Å². The van der Waals surface area contributed by atoms with Crippen LogP contribution in [-0.4, -0.2) is 60.9 Å². The highest BCUT2D eigenvalue weighted by atomic mass is 16.5. The highest BCUT2D eigenvalue weighted by molar-refractivity contribution is 5.80. The molecular weight excluding hydrogens is 356 g/mol. The average Bonchev–Trinajstić information content (AvgIpc) is 2.72. The zero-order valence-corrected chi connectivity index (χ0v) is 16.4. The lowest BCUT2D eigenvalue weighted by molar-refractivity contribution is 0.369. The van der Waals surface area contributed by atoms with Crippen molar-refractivity contribution < 1.29 is 14.9 Å². The van der Waals surface area contributed by atoms with E-state index in [2.05, 4.69) is 15.1 Å². The molecule has 7 nitrogen and oxygen atoms in total. The number of phenolic OH excluding ortho intramolecular Hbond substituents is 2. The van der Waals surface area contributed by atoms with Crippen molar-refractivity contribution in [2.45, 2.75) is 13.5 Å². The Labute approximate surface area is 165 Å². The van der Waals surface area contributed by atoms with Crippen LogP contribution >= 0.6 is 0 Å². The second-order valence-electron chi connectivity index (χ2n) is 6.64. The SMILES string of the molecule is CCNC(=NCc1ccc(OC)c(O)c1)N1CCN(c2ccccc2O)CC1.